The number of piperidine rings is 1. The molecule has 24 heavy (non-hydrogen) atoms. The number of carbonyl (C=O) groups excluding carboxylic acids is 2. The normalized spacial score (nSPS) is 16.2. The van der Waals surface area contributed by atoms with E-state index in [1.54, 1.807) is 17.0 Å². The van der Waals surface area contributed by atoms with Crippen LogP contribution in [0.1, 0.15) is 30.1 Å². The Bertz CT molecular complexity index is 588. The second-order valence-electron chi connectivity index (χ2n) is 5.89. The Labute approximate surface area is 158 Å². The molecule has 2 rings (SSSR count). The first-order valence-electron chi connectivity index (χ1n) is 7.65. The molecule has 0 aliphatic carbocycles. The van der Waals surface area contributed by atoms with Gasteiger partial charge in [0.1, 0.15) is 0 Å². The maximum absolute atomic E-state index is 12.2. The van der Waals surface area contributed by atoms with E-state index in [2.05, 4.69) is 5.32 Å². The largest absolute Gasteiger partial charge is 0.343 e. The fourth-order valence-electron chi connectivity index (χ4n) is 2.68. The van der Waals surface area contributed by atoms with Gasteiger partial charge >= 0.3 is 0 Å². The summed E-state index contributed by atoms with van der Waals surface area (Å²) in [5.74, 6) is 0.0359. The number of nitrogens with zero attached hydrogens (tertiary/aromatic N) is 1. The molecule has 0 bridgehead atoms. The van der Waals surface area contributed by atoms with E-state index in [4.69, 9.17) is 28.9 Å². The third kappa shape index (κ3) is 5.52. The highest BCUT2D eigenvalue weighted by Crippen LogP contribution is 2.22. The Hall–Kier alpha value is -1.01. The molecule has 1 aliphatic rings. The fourth-order valence-corrected chi connectivity index (χ4v) is 2.98. The van der Waals surface area contributed by atoms with Crippen molar-refractivity contribution in [2.24, 2.45) is 11.7 Å². The molecule has 2 amide bonds. The number of hydrogen-bond acceptors (Lipinski definition) is 3. The summed E-state index contributed by atoms with van der Waals surface area (Å²) >= 11 is 11.7. The molecular weight excluding hydrogens is 373 g/mol. The Morgan fingerprint density at radius 1 is 1.29 bits per heavy atom. The predicted molar refractivity (Wildman–Crippen MR) is 99.0 cm³/mol. The highest BCUT2D eigenvalue weighted by Gasteiger charge is 2.24. The summed E-state index contributed by atoms with van der Waals surface area (Å²) in [7, 11) is 0. The number of hydrogen-bond donors (Lipinski definition) is 2. The van der Waals surface area contributed by atoms with Gasteiger partial charge in [-0.2, -0.15) is 0 Å². The van der Waals surface area contributed by atoms with Crippen molar-refractivity contribution in [3.8, 4) is 0 Å². The van der Waals surface area contributed by atoms with E-state index < -0.39 is 0 Å². The topological polar surface area (TPSA) is 75.4 Å². The minimum atomic E-state index is -0.345. The summed E-state index contributed by atoms with van der Waals surface area (Å²) in [5, 5.41) is 3.31. The summed E-state index contributed by atoms with van der Waals surface area (Å²) in [4.78, 5) is 26.0. The third-order valence-electron chi connectivity index (χ3n) is 4.22. The Kier molecular flexibility index (Phi) is 8.30. The summed E-state index contributed by atoms with van der Waals surface area (Å²) in [5.41, 5.74) is 6.27. The van der Waals surface area contributed by atoms with Crippen LogP contribution in [0, 0.1) is 5.92 Å². The van der Waals surface area contributed by atoms with Crippen LogP contribution in [0.15, 0.2) is 18.2 Å². The van der Waals surface area contributed by atoms with Crippen LogP contribution in [0.2, 0.25) is 10.0 Å². The van der Waals surface area contributed by atoms with Crippen LogP contribution in [0.4, 0.5) is 0 Å². The summed E-state index contributed by atoms with van der Waals surface area (Å²) < 4.78 is 0. The predicted octanol–water partition coefficient (Wildman–Crippen LogP) is 2.73. The number of amides is 2. The van der Waals surface area contributed by atoms with Crippen molar-refractivity contribution in [1.29, 1.82) is 0 Å². The Morgan fingerprint density at radius 2 is 1.92 bits per heavy atom. The lowest BCUT2D eigenvalue weighted by atomic mass is 9.91. The van der Waals surface area contributed by atoms with Gasteiger partial charge in [-0.1, -0.05) is 23.2 Å². The van der Waals surface area contributed by atoms with Gasteiger partial charge in [0.05, 0.1) is 16.6 Å². The van der Waals surface area contributed by atoms with Gasteiger partial charge in [0.15, 0.2) is 0 Å². The van der Waals surface area contributed by atoms with Crippen LogP contribution in [0.25, 0.3) is 0 Å². The first kappa shape index (κ1) is 21.0. The maximum atomic E-state index is 12.2. The molecule has 0 spiro atoms. The third-order valence-corrected chi connectivity index (χ3v) is 4.96. The molecule has 5 nitrogen and oxygen atoms in total. The average molecular weight is 395 g/mol. The lowest BCUT2D eigenvalue weighted by Gasteiger charge is -2.33. The number of benzene rings is 1. The molecular formula is C16H22Cl3N3O2. The average Bonchev–Trinajstić information content (AvgIpc) is 2.54. The lowest BCUT2D eigenvalue weighted by molar-refractivity contribution is -0.131. The van der Waals surface area contributed by atoms with Gasteiger partial charge in [-0.15, -0.1) is 12.4 Å². The number of likely N-dealkylation sites (tertiary alicyclic amines) is 1. The maximum Gasteiger partial charge on any atom is 0.251 e. The molecule has 134 valence electrons. The van der Waals surface area contributed by atoms with Crippen molar-refractivity contribution < 1.29 is 9.59 Å². The number of rotatable bonds is 4. The van der Waals surface area contributed by atoms with E-state index in [-0.39, 0.29) is 36.8 Å². The second kappa shape index (κ2) is 9.47. The quantitative estimate of drug-likeness (QED) is 0.824. The van der Waals surface area contributed by atoms with Crippen molar-refractivity contribution in [3.05, 3.63) is 33.8 Å². The van der Waals surface area contributed by atoms with Gasteiger partial charge in [0.25, 0.3) is 5.91 Å². The van der Waals surface area contributed by atoms with Crippen LogP contribution in [0.5, 0.6) is 0 Å². The zero-order chi connectivity index (χ0) is 17.0. The molecule has 1 heterocycles. The van der Waals surface area contributed by atoms with Crippen molar-refractivity contribution in [2.45, 2.75) is 25.8 Å². The summed E-state index contributed by atoms with van der Waals surface area (Å²) in [6.07, 6.45) is 1.81. The van der Waals surface area contributed by atoms with Gasteiger partial charge in [0, 0.05) is 24.7 Å². The molecule has 1 fully saturated rings. The molecule has 8 heteroatoms. The number of halogens is 3. The molecule has 1 aromatic carbocycles. The van der Waals surface area contributed by atoms with Gasteiger partial charge in [-0.05, 0) is 43.9 Å². The molecule has 3 N–H and O–H groups in total. The minimum absolute atomic E-state index is 0. The molecule has 0 radical (unpaired) electrons. The van der Waals surface area contributed by atoms with Crippen LogP contribution in [0.3, 0.4) is 0 Å². The Balaban J connectivity index is 0.00000288. The number of carbonyl (C=O) groups is 2. The molecule has 1 unspecified atom stereocenters. The van der Waals surface area contributed by atoms with Gasteiger partial charge in [-0.3, -0.25) is 9.59 Å². The van der Waals surface area contributed by atoms with Crippen LogP contribution < -0.4 is 11.1 Å². The zero-order valence-electron chi connectivity index (χ0n) is 13.4. The molecule has 0 aromatic heterocycles. The SMILES string of the molecule is CC(N)C1CCN(C(=O)CNC(=O)c2ccc(Cl)c(Cl)c2)CC1.Cl. The van der Waals surface area contributed by atoms with E-state index >= 15 is 0 Å². The first-order valence-corrected chi connectivity index (χ1v) is 8.40. The lowest BCUT2D eigenvalue weighted by Crippen LogP contribution is -2.46. The molecule has 1 aromatic rings. The first-order chi connectivity index (χ1) is 10.9. The summed E-state index contributed by atoms with van der Waals surface area (Å²) in [6, 6.07) is 4.76. The van der Waals surface area contributed by atoms with Crippen LogP contribution in [-0.2, 0) is 4.79 Å². The van der Waals surface area contributed by atoms with E-state index in [1.807, 2.05) is 6.92 Å². The number of nitrogens with one attached hydrogen (secondary N) is 1. The van der Waals surface area contributed by atoms with Crippen molar-refractivity contribution >= 4 is 47.4 Å². The monoisotopic (exact) mass is 393 g/mol. The highest BCUT2D eigenvalue weighted by molar-refractivity contribution is 6.42. The molecule has 1 atom stereocenters. The highest BCUT2D eigenvalue weighted by atomic mass is 35.5. The molecule has 1 aliphatic heterocycles. The standard InChI is InChI=1S/C16H21Cl2N3O2.ClH/c1-10(19)11-4-6-21(7-5-11)15(22)9-20-16(23)12-2-3-13(17)14(18)8-12;/h2-3,8,10-11H,4-7,9,19H2,1H3,(H,20,23);1H. The molecule has 1 saturated heterocycles. The van der Waals surface area contributed by atoms with Crippen molar-refractivity contribution in [2.75, 3.05) is 19.6 Å². The van der Waals surface area contributed by atoms with Crippen molar-refractivity contribution in [3.63, 3.8) is 0 Å². The van der Waals surface area contributed by atoms with Crippen LogP contribution >= 0.6 is 35.6 Å². The van der Waals surface area contributed by atoms with Crippen molar-refractivity contribution in [1.82, 2.24) is 10.2 Å². The van der Waals surface area contributed by atoms with E-state index in [9.17, 15) is 9.59 Å². The van der Waals surface area contributed by atoms with Gasteiger partial charge < -0.3 is 16.0 Å². The zero-order valence-corrected chi connectivity index (χ0v) is 15.8. The fraction of sp³-hybridized carbons (Fsp3) is 0.500. The van der Waals surface area contributed by atoms with Gasteiger partial charge in [-0.25, -0.2) is 0 Å². The van der Waals surface area contributed by atoms with E-state index in [0.29, 0.717) is 34.6 Å². The minimum Gasteiger partial charge on any atom is -0.343 e. The second-order valence-corrected chi connectivity index (χ2v) is 6.70. The van der Waals surface area contributed by atoms with E-state index in [0.717, 1.165) is 12.8 Å². The smallest absolute Gasteiger partial charge is 0.251 e. The van der Waals surface area contributed by atoms with E-state index in [1.165, 1.54) is 6.07 Å². The number of nitrogens with two attached hydrogens (primary N) is 1. The Morgan fingerprint density at radius 3 is 2.46 bits per heavy atom. The molecule has 0 saturated carbocycles. The summed E-state index contributed by atoms with van der Waals surface area (Å²) in [6.45, 7) is 3.35. The van der Waals surface area contributed by atoms with Gasteiger partial charge in [0.2, 0.25) is 5.91 Å². The van der Waals surface area contributed by atoms with Crippen LogP contribution in [-0.4, -0.2) is 42.4 Å².